The Balaban J connectivity index is 1.50. The van der Waals surface area contributed by atoms with E-state index in [1.54, 1.807) is 16.7 Å². The maximum atomic E-state index is 6.39. The molecule has 1 aliphatic heterocycles. The summed E-state index contributed by atoms with van der Waals surface area (Å²) in [6, 6.07) is 23.0. The van der Waals surface area contributed by atoms with E-state index in [1.807, 2.05) is 24.3 Å². The number of anilines is 1. The minimum absolute atomic E-state index is 0.354. The zero-order valence-electron chi connectivity index (χ0n) is 16.7. The van der Waals surface area contributed by atoms with Crippen molar-refractivity contribution in [1.29, 1.82) is 0 Å². The molecule has 0 spiro atoms. The molecule has 0 amide bonds. The molecular weight excluding hydrogens is 455 g/mol. The van der Waals surface area contributed by atoms with Gasteiger partial charge in [-0.15, -0.1) is 0 Å². The van der Waals surface area contributed by atoms with Crippen molar-refractivity contribution in [3.63, 3.8) is 0 Å². The van der Waals surface area contributed by atoms with Gasteiger partial charge in [-0.2, -0.15) is 0 Å². The SMILES string of the molecule is C[C@@H](c1cc(Cl)ccc1Sc1ccc(Cl)c(Cl)c1)[NH+]1CCN(c2ccccc2)CC1. The number of piperazine rings is 1. The first-order chi connectivity index (χ1) is 14.5. The van der Waals surface area contributed by atoms with Gasteiger partial charge in [0.2, 0.25) is 0 Å². The van der Waals surface area contributed by atoms with Crippen LogP contribution in [0.3, 0.4) is 0 Å². The van der Waals surface area contributed by atoms with Gasteiger partial charge in [-0.3, -0.25) is 0 Å². The molecule has 3 aromatic rings. The Morgan fingerprint density at radius 1 is 0.867 bits per heavy atom. The summed E-state index contributed by atoms with van der Waals surface area (Å²) < 4.78 is 0. The molecule has 1 fully saturated rings. The molecule has 3 aromatic carbocycles. The van der Waals surface area contributed by atoms with E-state index in [4.69, 9.17) is 34.8 Å². The fourth-order valence-electron chi connectivity index (χ4n) is 3.96. The van der Waals surface area contributed by atoms with Crippen LogP contribution in [0.15, 0.2) is 76.5 Å². The van der Waals surface area contributed by atoms with Gasteiger partial charge in [0.15, 0.2) is 0 Å². The van der Waals surface area contributed by atoms with E-state index in [2.05, 4.69) is 54.3 Å². The van der Waals surface area contributed by atoms with Gasteiger partial charge in [-0.1, -0.05) is 64.8 Å². The molecule has 156 valence electrons. The molecule has 0 aromatic heterocycles. The number of halogens is 3. The van der Waals surface area contributed by atoms with E-state index in [0.717, 1.165) is 36.1 Å². The van der Waals surface area contributed by atoms with Crippen molar-refractivity contribution >= 4 is 52.3 Å². The maximum absolute atomic E-state index is 6.39. The monoisotopic (exact) mass is 477 g/mol. The number of benzene rings is 3. The van der Waals surface area contributed by atoms with Crippen molar-refractivity contribution in [3.8, 4) is 0 Å². The summed E-state index contributed by atoms with van der Waals surface area (Å²) >= 11 is 20.4. The van der Waals surface area contributed by atoms with Gasteiger partial charge in [0.05, 0.1) is 36.2 Å². The minimum atomic E-state index is 0.354. The average molecular weight is 479 g/mol. The zero-order valence-corrected chi connectivity index (χ0v) is 19.8. The molecule has 1 N–H and O–H groups in total. The molecule has 0 aliphatic carbocycles. The normalized spacial score (nSPS) is 15.9. The largest absolute Gasteiger partial charge is 0.360 e. The van der Waals surface area contributed by atoms with Gasteiger partial charge >= 0.3 is 0 Å². The third-order valence-electron chi connectivity index (χ3n) is 5.70. The molecule has 1 heterocycles. The molecule has 1 aliphatic rings. The highest BCUT2D eigenvalue weighted by Crippen LogP contribution is 2.36. The van der Waals surface area contributed by atoms with Gasteiger partial charge in [0, 0.05) is 26.1 Å². The Morgan fingerprint density at radius 3 is 2.30 bits per heavy atom. The standard InChI is InChI=1S/C24H23Cl3N2S/c1-17(28-11-13-29(14-12-28)19-5-3-2-4-6-19)21-15-18(25)7-10-24(21)30-20-8-9-22(26)23(27)16-20/h2-10,15-17H,11-14H2,1H3/p+1/t17-/m0/s1. The number of nitrogens with one attached hydrogen (secondary N) is 1. The highest BCUT2D eigenvalue weighted by molar-refractivity contribution is 7.99. The van der Waals surface area contributed by atoms with Crippen LogP contribution in [0.4, 0.5) is 5.69 Å². The molecule has 0 unspecified atom stereocenters. The topological polar surface area (TPSA) is 7.68 Å². The Kier molecular flexibility index (Phi) is 7.17. The quantitative estimate of drug-likeness (QED) is 0.462. The molecule has 0 saturated carbocycles. The van der Waals surface area contributed by atoms with Gasteiger partial charge < -0.3 is 9.80 Å². The Hall–Kier alpha value is -1.36. The van der Waals surface area contributed by atoms with Gasteiger partial charge in [0.1, 0.15) is 6.04 Å². The number of para-hydroxylation sites is 1. The lowest BCUT2D eigenvalue weighted by Gasteiger charge is -2.37. The number of quaternary nitrogens is 1. The van der Waals surface area contributed by atoms with Crippen LogP contribution in [0.5, 0.6) is 0 Å². The lowest BCUT2D eigenvalue weighted by Crippen LogP contribution is -3.14. The van der Waals surface area contributed by atoms with Crippen LogP contribution in [0, 0.1) is 0 Å². The summed E-state index contributed by atoms with van der Waals surface area (Å²) in [5.41, 5.74) is 2.59. The number of nitrogens with zero attached hydrogens (tertiary/aromatic N) is 1. The van der Waals surface area contributed by atoms with Gasteiger partial charge in [-0.05, 0) is 55.5 Å². The fraction of sp³-hybridized carbons (Fsp3) is 0.250. The van der Waals surface area contributed by atoms with Crippen molar-refractivity contribution in [2.24, 2.45) is 0 Å². The molecule has 4 rings (SSSR count). The first-order valence-corrected chi connectivity index (χ1v) is 12.0. The number of rotatable bonds is 5. The second kappa shape index (κ2) is 9.84. The summed E-state index contributed by atoms with van der Waals surface area (Å²) in [6.07, 6.45) is 0. The summed E-state index contributed by atoms with van der Waals surface area (Å²) in [6.45, 7) is 6.61. The minimum Gasteiger partial charge on any atom is -0.360 e. The molecule has 1 atom stereocenters. The highest BCUT2D eigenvalue weighted by atomic mass is 35.5. The fourth-order valence-corrected chi connectivity index (χ4v) is 5.56. The van der Waals surface area contributed by atoms with Crippen molar-refractivity contribution in [1.82, 2.24) is 0 Å². The van der Waals surface area contributed by atoms with E-state index in [9.17, 15) is 0 Å². The zero-order chi connectivity index (χ0) is 21.1. The molecule has 0 bridgehead atoms. The Bertz CT molecular complexity index is 1000. The Morgan fingerprint density at radius 2 is 1.60 bits per heavy atom. The van der Waals surface area contributed by atoms with Gasteiger partial charge in [0.25, 0.3) is 0 Å². The molecule has 0 radical (unpaired) electrons. The second-order valence-electron chi connectivity index (χ2n) is 7.56. The van der Waals surface area contributed by atoms with Crippen LogP contribution in [0.2, 0.25) is 15.1 Å². The summed E-state index contributed by atoms with van der Waals surface area (Å²) in [5.74, 6) is 0. The van der Waals surface area contributed by atoms with E-state index >= 15 is 0 Å². The number of hydrogen-bond acceptors (Lipinski definition) is 2. The summed E-state index contributed by atoms with van der Waals surface area (Å²) in [4.78, 5) is 6.34. The maximum Gasteiger partial charge on any atom is 0.111 e. The predicted molar refractivity (Wildman–Crippen MR) is 130 cm³/mol. The van der Waals surface area contributed by atoms with Gasteiger partial charge in [-0.25, -0.2) is 0 Å². The van der Waals surface area contributed by atoms with E-state index in [-0.39, 0.29) is 0 Å². The van der Waals surface area contributed by atoms with Crippen LogP contribution in [0.1, 0.15) is 18.5 Å². The first-order valence-electron chi connectivity index (χ1n) is 10.1. The smallest absolute Gasteiger partial charge is 0.111 e. The number of hydrogen-bond donors (Lipinski definition) is 1. The molecule has 6 heteroatoms. The van der Waals surface area contributed by atoms with Crippen LogP contribution in [-0.4, -0.2) is 26.2 Å². The summed E-state index contributed by atoms with van der Waals surface area (Å²) in [7, 11) is 0. The van der Waals surface area contributed by atoms with Crippen LogP contribution >= 0.6 is 46.6 Å². The Labute approximate surface area is 197 Å². The van der Waals surface area contributed by atoms with Crippen LogP contribution in [0.25, 0.3) is 0 Å². The van der Waals surface area contributed by atoms with Crippen molar-refractivity contribution in [3.05, 3.63) is 87.4 Å². The van der Waals surface area contributed by atoms with Crippen molar-refractivity contribution < 1.29 is 4.90 Å². The highest BCUT2D eigenvalue weighted by Gasteiger charge is 2.27. The summed E-state index contributed by atoms with van der Waals surface area (Å²) in [5, 5.41) is 1.93. The van der Waals surface area contributed by atoms with Crippen LogP contribution < -0.4 is 9.80 Å². The lowest BCUT2D eigenvalue weighted by molar-refractivity contribution is -0.930. The second-order valence-corrected chi connectivity index (χ2v) is 9.93. The van der Waals surface area contributed by atoms with Crippen LogP contribution in [-0.2, 0) is 0 Å². The third kappa shape index (κ3) is 5.09. The van der Waals surface area contributed by atoms with Crippen molar-refractivity contribution in [2.45, 2.75) is 22.8 Å². The van der Waals surface area contributed by atoms with E-state index < -0.39 is 0 Å². The third-order valence-corrected chi connectivity index (χ3v) is 7.75. The average Bonchev–Trinajstić information content (AvgIpc) is 2.78. The van der Waals surface area contributed by atoms with E-state index in [0.29, 0.717) is 16.1 Å². The molecule has 30 heavy (non-hydrogen) atoms. The molecular formula is C24H24Cl3N2S+. The lowest BCUT2D eigenvalue weighted by atomic mass is 10.1. The molecule has 1 saturated heterocycles. The first kappa shape index (κ1) is 21.9. The van der Waals surface area contributed by atoms with E-state index in [1.165, 1.54) is 16.1 Å². The molecule has 2 nitrogen and oxygen atoms in total. The predicted octanol–water partition coefficient (Wildman–Crippen LogP) is 6.26. The van der Waals surface area contributed by atoms with Crippen molar-refractivity contribution in [2.75, 3.05) is 31.1 Å².